The van der Waals surface area contributed by atoms with Crippen LogP contribution in [-0.4, -0.2) is 58.3 Å². The molecule has 2 amide bonds. The van der Waals surface area contributed by atoms with Gasteiger partial charge < -0.3 is 25.0 Å². The summed E-state index contributed by atoms with van der Waals surface area (Å²) in [5.74, 6) is -0.0573. The molecular weight excluding hydrogens is 382 g/mol. The summed E-state index contributed by atoms with van der Waals surface area (Å²) in [6.45, 7) is 4.68. The Kier molecular flexibility index (Phi) is 8.00. The minimum atomic E-state index is -0.342. The third-order valence-electron chi connectivity index (χ3n) is 4.93. The number of ether oxygens (including phenoxy) is 2. The molecule has 0 radical (unpaired) electrons. The Balaban J connectivity index is 1.73. The molecule has 0 spiro atoms. The fourth-order valence-electron chi connectivity index (χ4n) is 3.24. The summed E-state index contributed by atoms with van der Waals surface area (Å²) in [4.78, 5) is 26.9. The van der Waals surface area contributed by atoms with E-state index in [2.05, 4.69) is 10.6 Å². The summed E-state index contributed by atoms with van der Waals surface area (Å²) < 4.78 is 10.7. The topological polar surface area (TPSA) is 81.1 Å². The van der Waals surface area contributed by atoms with Crippen molar-refractivity contribution in [3.63, 3.8) is 0 Å². The lowest BCUT2D eigenvalue weighted by atomic mass is 10.1. The van der Waals surface area contributed by atoms with Crippen molar-refractivity contribution in [3.05, 3.63) is 71.4 Å². The van der Waals surface area contributed by atoms with Crippen LogP contribution >= 0.6 is 0 Å². The van der Waals surface area contributed by atoms with E-state index in [4.69, 9.17) is 9.47 Å². The summed E-state index contributed by atoms with van der Waals surface area (Å²) in [5, 5.41) is 5.67. The van der Waals surface area contributed by atoms with Crippen molar-refractivity contribution in [1.82, 2.24) is 10.6 Å². The Hall–Kier alpha value is -3.16. The number of nitrogens with one attached hydrogen (secondary N) is 3. The summed E-state index contributed by atoms with van der Waals surface area (Å²) in [6.07, 6.45) is 1.64. The monoisotopic (exact) mass is 410 g/mol. The molecule has 1 aliphatic heterocycles. The van der Waals surface area contributed by atoms with Crippen LogP contribution in [0.1, 0.15) is 15.9 Å². The van der Waals surface area contributed by atoms with Crippen LogP contribution in [0.5, 0.6) is 5.75 Å². The number of carbonyl (C=O) groups is 2. The standard InChI is InChI=1S/C23H27N3O4/c1-29-21-10-6-5-9-19(21)17-20(25-22(27)18-7-3-2-4-8-18)23(28)24-11-12-26-13-15-30-16-14-26/h2-10,17H,11-16H2,1H3,(H,24,28)(H,25,27)/p+1/b20-17+. The highest BCUT2D eigenvalue weighted by molar-refractivity contribution is 6.05. The van der Waals surface area contributed by atoms with Gasteiger partial charge in [0, 0.05) is 11.1 Å². The minimum Gasteiger partial charge on any atom is -0.496 e. The van der Waals surface area contributed by atoms with Crippen molar-refractivity contribution in [2.24, 2.45) is 0 Å². The van der Waals surface area contributed by atoms with E-state index in [1.54, 1.807) is 37.5 Å². The molecule has 0 atom stereocenters. The summed E-state index contributed by atoms with van der Waals surface area (Å²) >= 11 is 0. The number of rotatable bonds is 8. The van der Waals surface area contributed by atoms with E-state index in [0.717, 1.165) is 32.8 Å². The molecule has 1 aliphatic rings. The first-order valence-corrected chi connectivity index (χ1v) is 10.1. The van der Waals surface area contributed by atoms with Gasteiger partial charge in [0.15, 0.2) is 0 Å². The van der Waals surface area contributed by atoms with E-state index in [0.29, 0.717) is 23.4 Å². The first-order chi connectivity index (χ1) is 14.7. The van der Waals surface area contributed by atoms with Gasteiger partial charge in [0.05, 0.1) is 33.4 Å². The SMILES string of the molecule is COc1ccccc1/C=C(/NC(=O)c1ccccc1)C(=O)NCC[NH+]1CCOCC1. The fourth-order valence-corrected chi connectivity index (χ4v) is 3.24. The number of hydrogen-bond acceptors (Lipinski definition) is 4. The maximum Gasteiger partial charge on any atom is 0.268 e. The maximum atomic E-state index is 12.9. The highest BCUT2D eigenvalue weighted by Gasteiger charge is 2.17. The second-order valence-corrected chi connectivity index (χ2v) is 6.99. The van der Waals surface area contributed by atoms with Gasteiger partial charge in [0.25, 0.3) is 11.8 Å². The lowest BCUT2D eigenvalue weighted by molar-refractivity contribution is -0.906. The Morgan fingerprint density at radius 2 is 1.77 bits per heavy atom. The molecule has 3 N–H and O–H groups in total. The number of methoxy groups -OCH3 is 1. The molecule has 1 fully saturated rings. The van der Waals surface area contributed by atoms with Crippen molar-refractivity contribution in [3.8, 4) is 5.75 Å². The van der Waals surface area contributed by atoms with Crippen LogP contribution in [0.3, 0.4) is 0 Å². The van der Waals surface area contributed by atoms with Crippen LogP contribution in [0.25, 0.3) is 6.08 Å². The highest BCUT2D eigenvalue weighted by atomic mass is 16.5. The number of morpholine rings is 1. The molecule has 7 nitrogen and oxygen atoms in total. The van der Waals surface area contributed by atoms with Crippen LogP contribution in [0, 0.1) is 0 Å². The van der Waals surface area contributed by atoms with Gasteiger partial charge in [-0.3, -0.25) is 9.59 Å². The Morgan fingerprint density at radius 3 is 2.50 bits per heavy atom. The fraction of sp³-hybridized carbons (Fsp3) is 0.304. The van der Waals surface area contributed by atoms with E-state index < -0.39 is 0 Å². The third-order valence-corrected chi connectivity index (χ3v) is 4.93. The quantitative estimate of drug-likeness (QED) is 0.554. The lowest BCUT2D eigenvalue weighted by Crippen LogP contribution is -3.14. The number of carbonyl (C=O) groups excluding carboxylic acids is 2. The van der Waals surface area contributed by atoms with Gasteiger partial charge in [-0.2, -0.15) is 0 Å². The molecule has 0 saturated carbocycles. The Morgan fingerprint density at radius 1 is 1.07 bits per heavy atom. The molecule has 30 heavy (non-hydrogen) atoms. The molecule has 0 unspecified atom stereocenters. The molecule has 158 valence electrons. The first kappa shape index (κ1) is 21.5. The Labute approximate surface area is 176 Å². The molecular formula is C23H28N3O4+. The number of hydrogen-bond donors (Lipinski definition) is 3. The third kappa shape index (κ3) is 6.17. The zero-order valence-corrected chi connectivity index (χ0v) is 17.1. The second-order valence-electron chi connectivity index (χ2n) is 6.99. The normalized spacial score (nSPS) is 14.8. The highest BCUT2D eigenvalue weighted by Crippen LogP contribution is 2.20. The molecule has 1 heterocycles. The molecule has 2 aromatic rings. The molecule has 7 heteroatoms. The zero-order chi connectivity index (χ0) is 21.2. The van der Waals surface area contributed by atoms with Crippen molar-refractivity contribution >= 4 is 17.9 Å². The molecule has 0 aromatic heterocycles. The molecule has 1 saturated heterocycles. The van der Waals surface area contributed by atoms with Gasteiger partial charge in [-0.15, -0.1) is 0 Å². The second kappa shape index (κ2) is 11.1. The van der Waals surface area contributed by atoms with Gasteiger partial charge in [0.2, 0.25) is 0 Å². The molecule has 0 aliphatic carbocycles. The van der Waals surface area contributed by atoms with Crippen LogP contribution in [0.2, 0.25) is 0 Å². The van der Waals surface area contributed by atoms with E-state index in [1.807, 2.05) is 30.3 Å². The van der Waals surface area contributed by atoms with Gasteiger partial charge in [-0.25, -0.2) is 0 Å². The van der Waals surface area contributed by atoms with E-state index >= 15 is 0 Å². The molecule has 0 bridgehead atoms. The van der Waals surface area contributed by atoms with Crippen LogP contribution in [0.15, 0.2) is 60.3 Å². The van der Waals surface area contributed by atoms with Crippen LogP contribution < -0.4 is 20.3 Å². The predicted molar refractivity (Wildman–Crippen MR) is 114 cm³/mol. The van der Waals surface area contributed by atoms with Gasteiger partial charge >= 0.3 is 0 Å². The minimum absolute atomic E-state index is 0.172. The van der Waals surface area contributed by atoms with E-state index in [-0.39, 0.29) is 17.5 Å². The van der Waals surface area contributed by atoms with Crippen molar-refractivity contribution in [2.75, 3.05) is 46.5 Å². The van der Waals surface area contributed by atoms with Gasteiger partial charge in [-0.1, -0.05) is 36.4 Å². The molecule has 2 aromatic carbocycles. The number of benzene rings is 2. The summed E-state index contributed by atoms with van der Waals surface area (Å²) in [7, 11) is 1.57. The predicted octanol–water partition coefficient (Wildman–Crippen LogP) is 0.497. The summed E-state index contributed by atoms with van der Waals surface area (Å²) in [5.41, 5.74) is 1.36. The number of amides is 2. The van der Waals surface area contributed by atoms with Gasteiger partial charge in [-0.05, 0) is 24.3 Å². The molecule has 3 rings (SSSR count). The lowest BCUT2D eigenvalue weighted by Gasteiger charge is -2.23. The van der Waals surface area contributed by atoms with Gasteiger partial charge in [0.1, 0.15) is 24.5 Å². The van der Waals surface area contributed by atoms with Crippen LogP contribution in [-0.2, 0) is 9.53 Å². The van der Waals surface area contributed by atoms with Crippen LogP contribution in [0.4, 0.5) is 0 Å². The number of quaternary nitrogens is 1. The van der Waals surface area contributed by atoms with E-state index in [1.165, 1.54) is 4.90 Å². The first-order valence-electron chi connectivity index (χ1n) is 10.1. The average Bonchev–Trinajstić information content (AvgIpc) is 2.80. The smallest absolute Gasteiger partial charge is 0.268 e. The maximum absolute atomic E-state index is 12.9. The van der Waals surface area contributed by atoms with Crippen molar-refractivity contribution in [2.45, 2.75) is 0 Å². The van der Waals surface area contributed by atoms with E-state index in [9.17, 15) is 9.59 Å². The van der Waals surface area contributed by atoms with Crippen molar-refractivity contribution in [1.29, 1.82) is 0 Å². The zero-order valence-electron chi connectivity index (χ0n) is 17.1. The number of para-hydroxylation sites is 1. The average molecular weight is 410 g/mol. The van der Waals surface area contributed by atoms with Crippen molar-refractivity contribution < 1.29 is 24.0 Å². The Bertz CT molecular complexity index is 877. The largest absolute Gasteiger partial charge is 0.496 e. The summed E-state index contributed by atoms with van der Waals surface area (Å²) in [6, 6.07) is 16.1.